The molecule has 5 nitrogen and oxygen atoms in total. The molecule has 1 amide bonds. The van der Waals surface area contributed by atoms with E-state index in [1.54, 1.807) is 0 Å². The Balaban J connectivity index is 1.51. The number of aryl methyl sites for hydroxylation is 1. The first-order valence-electron chi connectivity index (χ1n) is 7.18. The van der Waals surface area contributed by atoms with Crippen molar-refractivity contribution in [3.63, 3.8) is 0 Å². The van der Waals surface area contributed by atoms with Gasteiger partial charge in [0.25, 0.3) is 5.91 Å². The van der Waals surface area contributed by atoms with Crippen LogP contribution >= 0.6 is 0 Å². The quantitative estimate of drug-likeness (QED) is 0.755. The van der Waals surface area contributed by atoms with Crippen LogP contribution in [-0.4, -0.2) is 26.5 Å². The minimum absolute atomic E-state index is 0.0452. The maximum atomic E-state index is 12.4. The van der Waals surface area contributed by atoms with Crippen LogP contribution in [0.3, 0.4) is 0 Å². The molecule has 1 aliphatic heterocycles. The van der Waals surface area contributed by atoms with Crippen molar-refractivity contribution in [3.8, 4) is 0 Å². The number of para-hydroxylation sites is 1. The number of carbonyl (C=O) groups is 1. The van der Waals surface area contributed by atoms with E-state index in [4.69, 9.17) is 0 Å². The molecule has 1 aromatic carbocycles. The van der Waals surface area contributed by atoms with Crippen LogP contribution in [-0.2, 0) is 13.0 Å². The number of aromatic nitrogens is 3. The van der Waals surface area contributed by atoms with Crippen LogP contribution in [0.1, 0.15) is 22.7 Å². The summed E-state index contributed by atoms with van der Waals surface area (Å²) in [6, 6.07) is 9.96. The van der Waals surface area contributed by atoms with E-state index in [0.29, 0.717) is 5.69 Å². The van der Waals surface area contributed by atoms with Gasteiger partial charge in [0, 0.05) is 42.3 Å². The predicted molar refractivity (Wildman–Crippen MR) is 80.1 cm³/mol. The molecule has 0 saturated heterocycles. The van der Waals surface area contributed by atoms with E-state index in [9.17, 15) is 4.79 Å². The molecule has 0 fully saturated rings. The van der Waals surface area contributed by atoms with Crippen LogP contribution in [0.15, 0.2) is 42.7 Å². The lowest BCUT2D eigenvalue weighted by atomic mass is 10.1. The minimum Gasteiger partial charge on any atom is -0.351 e. The second-order valence-corrected chi connectivity index (χ2v) is 5.47. The fourth-order valence-corrected chi connectivity index (χ4v) is 2.93. The smallest absolute Gasteiger partial charge is 0.267 e. The van der Waals surface area contributed by atoms with E-state index in [0.717, 1.165) is 36.1 Å². The summed E-state index contributed by atoms with van der Waals surface area (Å²) in [5.74, 6) is 0.999. The third kappa shape index (κ3) is 2.20. The zero-order valence-corrected chi connectivity index (χ0v) is 11.5. The van der Waals surface area contributed by atoms with Crippen molar-refractivity contribution in [1.29, 1.82) is 0 Å². The molecule has 4 rings (SSSR count). The number of rotatable bonds is 2. The lowest BCUT2D eigenvalue weighted by Gasteiger charge is -2.24. The first-order valence-corrected chi connectivity index (χ1v) is 7.18. The Hall–Kier alpha value is -2.56. The third-order valence-corrected chi connectivity index (χ3v) is 4.06. The Labute approximate surface area is 122 Å². The van der Waals surface area contributed by atoms with E-state index >= 15 is 0 Å². The number of hydrogen-bond acceptors (Lipinski definition) is 2. The molecule has 2 N–H and O–H groups in total. The summed E-state index contributed by atoms with van der Waals surface area (Å²) >= 11 is 0. The molecule has 106 valence electrons. The molecule has 0 bridgehead atoms. The van der Waals surface area contributed by atoms with Gasteiger partial charge in [0.1, 0.15) is 11.5 Å². The summed E-state index contributed by atoms with van der Waals surface area (Å²) in [5, 5.41) is 4.16. The van der Waals surface area contributed by atoms with Crippen LogP contribution in [0, 0.1) is 0 Å². The third-order valence-electron chi connectivity index (χ3n) is 4.06. The van der Waals surface area contributed by atoms with Gasteiger partial charge in [-0.25, -0.2) is 4.98 Å². The van der Waals surface area contributed by atoms with E-state index in [2.05, 4.69) is 19.9 Å². The van der Waals surface area contributed by atoms with Crippen molar-refractivity contribution < 1.29 is 4.79 Å². The molecule has 3 heterocycles. The second-order valence-electron chi connectivity index (χ2n) is 5.47. The van der Waals surface area contributed by atoms with Crippen molar-refractivity contribution in [2.24, 2.45) is 0 Å². The van der Waals surface area contributed by atoms with Crippen LogP contribution in [0.2, 0.25) is 0 Å². The molecule has 1 aliphatic rings. The van der Waals surface area contributed by atoms with Crippen molar-refractivity contribution in [2.45, 2.75) is 25.4 Å². The molecule has 0 saturated carbocycles. The van der Waals surface area contributed by atoms with Gasteiger partial charge in [-0.05, 0) is 18.6 Å². The summed E-state index contributed by atoms with van der Waals surface area (Å²) in [6.07, 6.45) is 5.54. The van der Waals surface area contributed by atoms with Gasteiger partial charge in [0.15, 0.2) is 0 Å². The standard InChI is InChI=1S/C16H16N4O/c21-16(14-9-11-3-1-2-4-13(11)19-14)18-12-5-7-20-8-6-17-15(20)10-12/h1-4,6,8-9,12,19H,5,7,10H2,(H,18,21). The lowest BCUT2D eigenvalue weighted by molar-refractivity contribution is 0.0926. The van der Waals surface area contributed by atoms with Gasteiger partial charge in [-0.2, -0.15) is 0 Å². The monoisotopic (exact) mass is 280 g/mol. The fourth-order valence-electron chi connectivity index (χ4n) is 2.93. The molecular formula is C16H16N4O. The Bertz CT molecular complexity index is 768. The molecule has 2 aromatic heterocycles. The average Bonchev–Trinajstić information content (AvgIpc) is 3.13. The Morgan fingerprint density at radius 3 is 3.19 bits per heavy atom. The predicted octanol–water partition coefficient (Wildman–Crippen LogP) is 2.11. The van der Waals surface area contributed by atoms with Gasteiger partial charge >= 0.3 is 0 Å². The van der Waals surface area contributed by atoms with Gasteiger partial charge in [-0.3, -0.25) is 4.79 Å². The van der Waals surface area contributed by atoms with E-state index in [1.165, 1.54) is 0 Å². The number of aromatic amines is 1. The van der Waals surface area contributed by atoms with Gasteiger partial charge in [-0.15, -0.1) is 0 Å². The zero-order valence-electron chi connectivity index (χ0n) is 11.5. The molecule has 1 unspecified atom stereocenters. The van der Waals surface area contributed by atoms with Crippen LogP contribution in [0.5, 0.6) is 0 Å². The van der Waals surface area contributed by atoms with E-state index < -0.39 is 0 Å². The summed E-state index contributed by atoms with van der Waals surface area (Å²) in [4.78, 5) is 19.9. The summed E-state index contributed by atoms with van der Waals surface area (Å²) in [7, 11) is 0. The molecule has 0 aliphatic carbocycles. The molecular weight excluding hydrogens is 264 g/mol. The number of carbonyl (C=O) groups excluding carboxylic acids is 1. The highest BCUT2D eigenvalue weighted by Crippen LogP contribution is 2.16. The molecule has 21 heavy (non-hydrogen) atoms. The SMILES string of the molecule is O=C(NC1CCn2ccnc2C1)c1cc2ccccc2[nH]1. The van der Waals surface area contributed by atoms with Crippen molar-refractivity contribution >= 4 is 16.8 Å². The lowest BCUT2D eigenvalue weighted by Crippen LogP contribution is -2.40. The van der Waals surface area contributed by atoms with Gasteiger partial charge in [-0.1, -0.05) is 18.2 Å². The molecule has 3 aromatic rings. The Morgan fingerprint density at radius 1 is 1.38 bits per heavy atom. The Kier molecular flexibility index (Phi) is 2.77. The first-order chi connectivity index (χ1) is 10.3. The van der Waals surface area contributed by atoms with Crippen LogP contribution < -0.4 is 5.32 Å². The summed E-state index contributed by atoms with van der Waals surface area (Å²) in [5.41, 5.74) is 1.60. The van der Waals surface area contributed by atoms with Crippen molar-refractivity contribution in [3.05, 3.63) is 54.2 Å². The molecule has 5 heteroatoms. The maximum absolute atomic E-state index is 12.4. The summed E-state index contributed by atoms with van der Waals surface area (Å²) < 4.78 is 2.14. The van der Waals surface area contributed by atoms with Crippen LogP contribution in [0.4, 0.5) is 0 Å². The van der Waals surface area contributed by atoms with Gasteiger partial charge in [0.2, 0.25) is 0 Å². The number of hydrogen-bond donors (Lipinski definition) is 2. The topological polar surface area (TPSA) is 62.7 Å². The minimum atomic E-state index is -0.0452. The molecule has 0 radical (unpaired) electrons. The van der Waals surface area contributed by atoms with E-state index in [1.807, 2.05) is 42.7 Å². The molecule has 1 atom stereocenters. The highest BCUT2D eigenvalue weighted by Gasteiger charge is 2.21. The number of nitrogens with one attached hydrogen (secondary N) is 2. The van der Waals surface area contributed by atoms with Crippen molar-refractivity contribution in [1.82, 2.24) is 19.9 Å². The zero-order chi connectivity index (χ0) is 14.2. The van der Waals surface area contributed by atoms with Gasteiger partial charge < -0.3 is 14.9 Å². The number of amides is 1. The second kappa shape index (κ2) is 4.77. The first kappa shape index (κ1) is 12.2. The molecule has 0 spiro atoms. The van der Waals surface area contributed by atoms with Gasteiger partial charge in [0.05, 0.1) is 0 Å². The Morgan fingerprint density at radius 2 is 2.29 bits per heavy atom. The summed E-state index contributed by atoms with van der Waals surface area (Å²) in [6.45, 7) is 0.910. The van der Waals surface area contributed by atoms with Crippen LogP contribution in [0.25, 0.3) is 10.9 Å². The van der Waals surface area contributed by atoms with Crippen molar-refractivity contribution in [2.75, 3.05) is 0 Å². The van der Waals surface area contributed by atoms with E-state index in [-0.39, 0.29) is 11.9 Å². The average molecular weight is 280 g/mol. The highest BCUT2D eigenvalue weighted by molar-refractivity contribution is 5.98. The normalized spacial score (nSPS) is 17.6. The maximum Gasteiger partial charge on any atom is 0.267 e. The largest absolute Gasteiger partial charge is 0.351 e. The fraction of sp³-hybridized carbons (Fsp3) is 0.250. The highest BCUT2D eigenvalue weighted by atomic mass is 16.1. The number of fused-ring (bicyclic) bond motifs is 2. The number of imidazole rings is 1. The number of H-pyrrole nitrogens is 1. The number of benzene rings is 1. The number of nitrogens with zero attached hydrogens (tertiary/aromatic N) is 2.